The number of ether oxygens (including phenoxy) is 1. The highest BCUT2D eigenvalue weighted by atomic mass is 16.5. The molecule has 0 aliphatic heterocycles. The van der Waals surface area contributed by atoms with Gasteiger partial charge < -0.3 is 14.6 Å². The summed E-state index contributed by atoms with van der Waals surface area (Å²) in [6.07, 6.45) is 0.617. The lowest BCUT2D eigenvalue weighted by Crippen LogP contribution is -2.22. The number of benzene rings is 1. The van der Waals surface area contributed by atoms with E-state index in [9.17, 15) is 0 Å². The van der Waals surface area contributed by atoms with Crippen LogP contribution in [0.2, 0.25) is 0 Å². The van der Waals surface area contributed by atoms with Crippen molar-refractivity contribution in [1.29, 1.82) is 0 Å². The van der Waals surface area contributed by atoms with E-state index in [0.29, 0.717) is 30.7 Å². The van der Waals surface area contributed by atoms with Crippen LogP contribution in [0.3, 0.4) is 0 Å². The topological polar surface area (TPSA) is 60.2 Å². The summed E-state index contributed by atoms with van der Waals surface area (Å²) in [4.78, 5) is 4.35. The Hall–Kier alpha value is -1.88. The summed E-state index contributed by atoms with van der Waals surface area (Å²) in [5.74, 6) is 2.14. The second-order valence-corrected chi connectivity index (χ2v) is 4.67. The Morgan fingerprint density at radius 2 is 2.21 bits per heavy atom. The van der Waals surface area contributed by atoms with Crippen LogP contribution in [0, 0.1) is 0 Å². The summed E-state index contributed by atoms with van der Waals surface area (Å²) in [5.41, 5.74) is 1.09. The van der Waals surface area contributed by atoms with Gasteiger partial charge in [-0.05, 0) is 17.7 Å². The molecule has 0 aliphatic rings. The van der Waals surface area contributed by atoms with E-state index in [-0.39, 0.29) is 0 Å². The minimum Gasteiger partial charge on any atom is -0.497 e. The van der Waals surface area contributed by atoms with Gasteiger partial charge in [-0.15, -0.1) is 0 Å². The van der Waals surface area contributed by atoms with Gasteiger partial charge in [-0.25, -0.2) is 0 Å². The zero-order valence-electron chi connectivity index (χ0n) is 11.5. The summed E-state index contributed by atoms with van der Waals surface area (Å²) >= 11 is 0. The molecule has 0 spiro atoms. The van der Waals surface area contributed by atoms with E-state index in [1.807, 2.05) is 24.3 Å². The van der Waals surface area contributed by atoms with E-state index in [1.165, 1.54) is 0 Å². The Labute approximate surface area is 113 Å². The summed E-state index contributed by atoms with van der Waals surface area (Å²) < 4.78 is 10.4. The third-order valence-corrected chi connectivity index (χ3v) is 2.67. The highest BCUT2D eigenvalue weighted by Crippen LogP contribution is 2.15. The first-order chi connectivity index (χ1) is 9.17. The van der Waals surface area contributed by atoms with Gasteiger partial charge in [0, 0.05) is 6.04 Å². The van der Waals surface area contributed by atoms with Gasteiger partial charge in [-0.1, -0.05) is 31.1 Å². The molecule has 0 fully saturated rings. The number of methoxy groups -OCH3 is 1. The molecule has 2 rings (SSSR count). The Morgan fingerprint density at radius 1 is 1.37 bits per heavy atom. The summed E-state index contributed by atoms with van der Waals surface area (Å²) in [5, 5.41) is 7.20. The Kier molecular flexibility index (Phi) is 4.52. The van der Waals surface area contributed by atoms with Gasteiger partial charge in [0.2, 0.25) is 5.89 Å². The third kappa shape index (κ3) is 4.06. The lowest BCUT2D eigenvalue weighted by Gasteiger charge is -2.03. The summed E-state index contributed by atoms with van der Waals surface area (Å²) in [7, 11) is 1.65. The van der Waals surface area contributed by atoms with Crippen LogP contribution in [0.15, 0.2) is 28.8 Å². The molecule has 102 valence electrons. The normalized spacial score (nSPS) is 10.9. The first kappa shape index (κ1) is 13.5. The Bertz CT molecular complexity index is 523. The van der Waals surface area contributed by atoms with Gasteiger partial charge in [0.15, 0.2) is 5.82 Å². The molecular formula is C14H19N3O2. The highest BCUT2D eigenvalue weighted by Gasteiger charge is 2.08. The van der Waals surface area contributed by atoms with Crippen LogP contribution in [-0.2, 0) is 13.0 Å². The number of aromatic nitrogens is 2. The van der Waals surface area contributed by atoms with Crippen molar-refractivity contribution in [2.24, 2.45) is 0 Å². The van der Waals surface area contributed by atoms with Gasteiger partial charge in [-0.3, -0.25) is 0 Å². The van der Waals surface area contributed by atoms with Gasteiger partial charge in [-0.2, -0.15) is 4.98 Å². The van der Waals surface area contributed by atoms with E-state index in [2.05, 4.69) is 29.3 Å². The van der Waals surface area contributed by atoms with Crippen LogP contribution >= 0.6 is 0 Å². The number of nitrogens with one attached hydrogen (secondary N) is 1. The second kappa shape index (κ2) is 6.33. The molecule has 0 saturated carbocycles. The fourth-order valence-electron chi connectivity index (χ4n) is 1.69. The first-order valence-electron chi connectivity index (χ1n) is 6.35. The minimum absolute atomic E-state index is 0.403. The largest absolute Gasteiger partial charge is 0.497 e. The Morgan fingerprint density at radius 3 is 2.95 bits per heavy atom. The molecule has 1 heterocycles. The van der Waals surface area contributed by atoms with E-state index in [4.69, 9.17) is 9.26 Å². The second-order valence-electron chi connectivity index (χ2n) is 4.67. The summed E-state index contributed by atoms with van der Waals surface area (Å²) in [6, 6.07) is 8.25. The zero-order chi connectivity index (χ0) is 13.7. The highest BCUT2D eigenvalue weighted by molar-refractivity contribution is 5.29. The first-order valence-corrected chi connectivity index (χ1v) is 6.35. The van der Waals surface area contributed by atoms with Crippen LogP contribution < -0.4 is 10.1 Å². The van der Waals surface area contributed by atoms with E-state index < -0.39 is 0 Å². The van der Waals surface area contributed by atoms with Crippen molar-refractivity contribution in [1.82, 2.24) is 15.5 Å². The van der Waals surface area contributed by atoms with E-state index >= 15 is 0 Å². The molecule has 2 aromatic rings. The molecule has 0 amide bonds. The molecule has 1 N–H and O–H groups in total. The third-order valence-electron chi connectivity index (χ3n) is 2.67. The number of hydrogen-bond donors (Lipinski definition) is 1. The molecule has 0 atom stereocenters. The zero-order valence-corrected chi connectivity index (χ0v) is 11.5. The molecule has 5 nitrogen and oxygen atoms in total. The van der Waals surface area contributed by atoms with Crippen LogP contribution in [0.25, 0.3) is 0 Å². The standard InChI is InChI=1S/C14H19N3O2/c1-10(2)15-9-13-16-14(19-17-13)8-11-5-4-6-12(7-11)18-3/h4-7,10,15H,8-9H2,1-3H3. The Balaban J connectivity index is 1.99. The van der Waals surface area contributed by atoms with E-state index in [0.717, 1.165) is 11.3 Å². The lowest BCUT2D eigenvalue weighted by atomic mass is 10.1. The lowest BCUT2D eigenvalue weighted by molar-refractivity contribution is 0.376. The molecule has 1 aromatic carbocycles. The molecule has 0 aliphatic carbocycles. The molecule has 1 aromatic heterocycles. The van der Waals surface area contributed by atoms with Crippen LogP contribution in [0.4, 0.5) is 0 Å². The van der Waals surface area contributed by atoms with Gasteiger partial charge in [0.05, 0.1) is 20.1 Å². The molecule has 19 heavy (non-hydrogen) atoms. The number of hydrogen-bond acceptors (Lipinski definition) is 5. The average Bonchev–Trinajstić information content (AvgIpc) is 2.84. The van der Waals surface area contributed by atoms with Gasteiger partial charge in [0.1, 0.15) is 5.75 Å². The predicted octanol–water partition coefficient (Wildman–Crippen LogP) is 2.17. The van der Waals surface area contributed by atoms with E-state index in [1.54, 1.807) is 7.11 Å². The average molecular weight is 261 g/mol. The number of nitrogens with zero attached hydrogens (tertiary/aromatic N) is 2. The number of rotatable bonds is 6. The molecule has 5 heteroatoms. The van der Waals surface area contributed by atoms with Crippen molar-refractivity contribution in [2.45, 2.75) is 32.9 Å². The maximum absolute atomic E-state index is 5.23. The fraction of sp³-hybridized carbons (Fsp3) is 0.429. The maximum Gasteiger partial charge on any atom is 0.231 e. The molecular weight excluding hydrogens is 242 g/mol. The molecule has 0 saturated heterocycles. The quantitative estimate of drug-likeness (QED) is 0.863. The van der Waals surface area contributed by atoms with Crippen LogP contribution in [-0.4, -0.2) is 23.3 Å². The maximum atomic E-state index is 5.23. The van der Waals surface area contributed by atoms with Crippen molar-refractivity contribution in [3.05, 3.63) is 41.5 Å². The smallest absolute Gasteiger partial charge is 0.231 e. The summed E-state index contributed by atoms with van der Waals surface area (Å²) in [6.45, 7) is 4.79. The molecule has 0 unspecified atom stereocenters. The fourth-order valence-corrected chi connectivity index (χ4v) is 1.69. The van der Waals surface area contributed by atoms with Crippen molar-refractivity contribution < 1.29 is 9.26 Å². The minimum atomic E-state index is 0.403. The van der Waals surface area contributed by atoms with Crippen molar-refractivity contribution in [3.63, 3.8) is 0 Å². The molecule has 0 bridgehead atoms. The monoisotopic (exact) mass is 261 g/mol. The van der Waals surface area contributed by atoms with Crippen LogP contribution in [0.1, 0.15) is 31.1 Å². The SMILES string of the molecule is COc1cccc(Cc2nc(CNC(C)C)no2)c1. The van der Waals surface area contributed by atoms with Crippen LogP contribution in [0.5, 0.6) is 5.75 Å². The molecule has 0 radical (unpaired) electrons. The predicted molar refractivity (Wildman–Crippen MR) is 72.1 cm³/mol. The van der Waals surface area contributed by atoms with Gasteiger partial charge in [0.25, 0.3) is 0 Å². The van der Waals surface area contributed by atoms with Gasteiger partial charge >= 0.3 is 0 Å². The van der Waals surface area contributed by atoms with Crippen molar-refractivity contribution in [2.75, 3.05) is 7.11 Å². The van der Waals surface area contributed by atoms with Crippen molar-refractivity contribution in [3.8, 4) is 5.75 Å². The van der Waals surface area contributed by atoms with Crippen molar-refractivity contribution >= 4 is 0 Å².